The van der Waals surface area contributed by atoms with Crippen LogP contribution in [0.3, 0.4) is 0 Å². The first kappa shape index (κ1) is 15.8. The van der Waals surface area contributed by atoms with E-state index in [1.54, 1.807) is 49.6 Å². The Hall–Kier alpha value is -2.56. The second-order valence-corrected chi connectivity index (χ2v) is 4.66. The summed E-state index contributed by atoms with van der Waals surface area (Å²) in [5.74, 6) is 0.810. The quantitative estimate of drug-likeness (QED) is 0.855. The topological polar surface area (TPSA) is 47.6 Å². The molecule has 2 aromatic rings. The summed E-state index contributed by atoms with van der Waals surface area (Å²) in [4.78, 5) is 11.7. The molecule has 2 rings (SSSR count). The summed E-state index contributed by atoms with van der Waals surface area (Å²) in [5.41, 5.74) is 0.582. The van der Waals surface area contributed by atoms with Gasteiger partial charge in [-0.05, 0) is 42.3 Å². The molecule has 0 aliphatic rings. The van der Waals surface area contributed by atoms with E-state index in [-0.39, 0.29) is 18.3 Å². The van der Waals surface area contributed by atoms with Crippen LogP contribution in [0.1, 0.15) is 5.56 Å². The Morgan fingerprint density at radius 1 is 1.09 bits per heavy atom. The molecule has 0 atom stereocenters. The molecule has 4 nitrogen and oxygen atoms in total. The highest BCUT2D eigenvalue weighted by Gasteiger charge is 2.04. The molecule has 22 heavy (non-hydrogen) atoms. The predicted octanol–water partition coefficient (Wildman–Crippen LogP) is 2.57. The SMILES string of the molecule is COc1ccc(OCC(=O)NCCc2ccccc2F)cc1. The van der Waals surface area contributed by atoms with Crippen molar-refractivity contribution in [2.75, 3.05) is 20.3 Å². The lowest BCUT2D eigenvalue weighted by atomic mass is 10.1. The molecule has 0 fully saturated rings. The summed E-state index contributed by atoms with van der Waals surface area (Å²) in [6.45, 7) is 0.287. The van der Waals surface area contributed by atoms with Crippen molar-refractivity contribution in [2.45, 2.75) is 6.42 Å². The number of hydrogen-bond acceptors (Lipinski definition) is 3. The second kappa shape index (κ2) is 8.02. The van der Waals surface area contributed by atoms with Gasteiger partial charge in [0.25, 0.3) is 5.91 Å². The first-order chi connectivity index (χ1) is 10.7. The van der Waals surface area contributed by atoms with E-state index in [9.17, 15) is 9.18 Å². The van der Waals surface area contributed by atoms with E-state index in [4.69, 9.17) is 9.47 Å². The molecule has 0 bridgehead atoms. The third kappa shape index (κ3) is 4.77. The van der Waals surface area contributed by atoms with E-state index in [1.165, 1.54) is 6.07 Å². The van der Waals surface area contributed by atoms with Crippen molar-refractivity contribution in [3.63, 3.8) is 0 Å². The van der Waals surface area contributed by atoms with Crippen molar-refractivity contribution in [3.05, 3.63) is 59.9 Å². The highest BCUT2D eigenvalue weighted by atomic mass is 19.1. The third-order valence-electron chi connectivity index (χ3n) is 3.10. The number of carbonyl (C=O) groups excluding carboxylic acids is 1. The predicted molar refractivity (Wildman–Crippen MR) is 81.6 cm³/mol. The van der Waals surface area contributed by atoms with Gasteiger partial charge in [-0.2, -0.15) is 0 Å². The maximum atomic E-state index is 13.4. The van der Waals surface area contributed by atoms with E-state index in [0.717, 1.165) is 5.75 Å². The molecular weight excluding hydrogens is 285 g/mol. The van der Waals surface area contributed by atoms with Gasteiger partial charge in [-0.1, -0.05) is 18.2 Å². The number of halogens is 1. The molecule has 0 aliphatic heterocycles. The number of hydrogen-bond donors (Lipinski definition) is 1. The van der Waals surface area contributed by atoms with Crippen LogP contribution in [0, 0.1) is 5.82 Å². The van der Waals surface area contributed by atoms with Crippen LogP contribution in [0.25, 0.3) is 0 Å². The fourth-order valence-electron chi connectivity index (χ4n) is 1.91. The monoisotopic (exact) mass is 303 g/mol. The van der Waals surface area contributed by atoms with E-state index in [1.807, 2.05) is 0 Å². The first-order valence-corrected chi connectivity index (χ1v) is 6.96. The first-order valence-electron chi connectivity index (χ1n) is 6.96. The molecule has 1 N–H and O–H groups in total. The van der Waals surface area contributed by atoms with Crippen LogP contribution >= 0.6 is 0 Å². The van der Waals surface area contributed by atoms with Gasteiger partial charge in [0.05, 0.1) is 7.11 Å². The summed E-state index contributed by atoms with van der Waals surface area (Å²) in [7, 11) is 1.58. The maximum Gasteiger partial charge on any atom is 0.257 e. The Labute approximate surface area is 128 Å². The molecule has 0 saturated carbocycles. The summed E-state index contributed by atoms with van der Waals surface area (Å²) < 4.78 is 23.8. The number of methoxy groups -OCH3 is 1. The van der Waals surface area contributed by atoms with E-state index in [0.29, 0.717) is 24.3 Å². The Balaban J connectivity index is 1.70. The minimum Gasteiger partial charge on any atom is -0.497 e. The van der Waals surface area contributed by atoms with Crippen LogP contribution in [-0.4, -0.2) is 26.2 Å². The molecule has 0 unspecified atom stereocenters. The molecular formula is C17H18FNO3. The number of carbonyl (C=O) groups is 1. The Morgan fingerprint density at radius 2 is 1.77 bits per heavy atom. The lowest BCUT2D eigenvalue weighted by Crippen LogP contribution is -2.30. The number of rotatable bonds is 7. The van der Waals surface area contributed by atoms with E-state index >= 15 is 0 Å². The van der Waals surface area contributed by atoms with E-state index in [2.05, 4.69) is 5.32 Å². The lowest BCUT2D eigenvalue weighted by Gasteiger charge is -2.08. The molecule has 0 radical (unpaired) electrons. The minimum absolute atomic E-state index is 0.0798. The average Bonchev–Trinajstić information content (AvgIpc) is 2.55. The average molecular weight is 303 g/mol. The highest BCUT2D eigenvalue weighted by molar-refractivity contribution is 5.77. The molecule has 0 aromatic heterocycles. The van der Waals surface area contributed by atoms with Crippen LogP contribution in [0.15, 0.2) is 48.5 Å². The van der Waals surface area contributed by atoms with Crippen molar-refractivity contribution in [1.29, 1.82) is 0 Å². The molecule has 2 aromatic carbocycles. The molecule has 116 valence electrons. The summed E-state index contributed by atoms with van der Waals surface area (Å²) in [6, 6.07) is 13.5. The van der Waals surface area contributed by atoms with Gasteiger partial charge in [0.15, 0.2) is 6.61 Å². The van der Waals surface area contributed by atoms with Crippen LogP contribution in [-0.2, 0) is 11.2 Å². The van der Waals surface area contributed by atoms with Crippen molar-refractivity contribution in [1.82, 2.24) is 5.32 Å². The van der Waals surface area contributed by atoms with Crippen LogP contribution < -0.4 is 14.8 Å². The van der Waals surface area contributed by atoms with Crippen LogP contribution in [0.5, 0.6) is 11.5 Å². The molecule has 0 spiro atoms. The standard InChI is InChI=1S/C17H18FNO3/c1-21-14-6-8-15(9-7-14)22-12-17(20)19-11-10-13-4-2-3-5-16(13)18/h2-9H,10-12H2,1H3,(H,19,20). The van der Waals surface area contributed by atoms with Gasteiger partial charge in [0, 0.05) is 6.54 Å². The molecule has 0 heterocycles. The number of benzene rings is 2. The maximum absolute atomic E-state index is 13.4. The summed E-state index contributed by atoms with van der Waals surface area (Å²) in [6.07, 6.45) is 0.445. The smallest absolute Gasteiger partial charge is 0.257 e. The van der Waals surface area contributed by atoms with Gasteiger partial charge < -0.3 is 14.8 Å². The lowest BCUT2D eigenvalue weighted by molar-refractivity contribution is -0.123. The van der Waals surface area contributed by atoms with Crippen molar-refractivity contribution < 1.29 is 18.7 Å². The van der Waals surface area contributed by atoms with Gasteiger partial charge in [-0.3, -0.25) is 4.79 Å². The van der Waals surface area contributed by atoms with Gasteiger partial charge in [-0.25, -0.2) is 4.39 Å². The Morgan fingerprint density at radius 3 is 2.45 bits per heavy atom. The number of ether oxygens (including phenoxy) is 2. The molecule has 0 saturated heterocycles. The largest absolute Gasteiger partial charge is 0.497 e. The summed E-state index contributed by atoms with van der Waals surface area (Å²) in [5, 5.41) is 2.70. The zero-order valence-corrected chi connectivity index (χ0v) is 12.3. The second-order valence-electron chi connectivity index (χ2n) is 4.66. The van der Waals surface area contributed by atoms with Crippen LogP contribution in [0.4, 0.5) is 4.39 Å². The number of amides is 1. The fraction of sp³-hybridized carbons (Fsp3) is 0.235. The molecule has 0 aliphatic carbocycles. The zero-order valence-electron chi connectivity index (χ0n) is 12.3. The van der Waals surface area contributed by atoms with Crippen molar-refractivity contribution >= 4 is 5.91 Å². The van der Waals surface area contributed by atoms with Crippen LogP contribution in [0.2, 0.25) is 0 Å². The highest BCUT2D eigenvalue weighted by Crippen LogP contribution is 2.16. The molecule has 1 amide bonds. The van der Waals surface area contributed by atoms with Crippen molar-refractivity contribution in [3.8, 4) is 11.5 Å². The van der Waals surface area contributed by atoms with Gasteiger partial charge in [0.1, 0.15) is 17.3 Å². The fourth-order valence-corrected chi connectivity index (χ4v) is 1.91. The van der Waals surface area contributed by atoms with E-state index < -0.39 is 0 Å². The van der Waals surface area contributed by atoms with Gasteiger partial charge >= 0.3 is 0 Å². The van der Waals surface area contributed by atoms with Crippen molar-refractivity contribution in [2.24, 2.45) is 0 Å². The summed E-state index contributed by atoms with van der Waals surface area (Å²) >= 11 is 0. The van der Waals surface area contributed by atoms with Gasteiger partial charge in [0.2, 0.25) is 0 Å². The normalized spacial score (nSPS) is 10.1. The zero-order chi connectivity index (χ0) is 15.8. The number of nitrogens with one attached hydrogen (secondary N) is 1. The molecule has 5 heteroatoms. The van der Waals surface area contributed by atoms with Gasteiger partial charge in [-0.15, -0.1) is 0 Å². The Kier molecular flexibility index (Phi) is 5.77. The third-order valence-corrected chi connectivity index (χ3v) is 3.10. The minimum atomic E-state index is -0.258. The Bertz CT molecular complexity index is 614.